The Kier molecular flexibility index (Phi) is 4.21. The van der Waals surface area contributed by atoms with Crippen LogP contribution >= 0.6 is 0 Å². The fraction of sp³-hybridized carbons (Fsp3) is 0.278. The van der Waals surface area contributed by atoms with Gasteiger partial charge in [-0.15, -0.1) is 5.10 Å². The summed E-state index contributed by atoms with van der Waals surface area (Å²) in [5.74, 6) is 2.39. The Bertz CT molecular complexity index is 792. The van der Waals surface area contributed by atoms with Crippen LogP contribution in [0.4, 0.5) is 0 Å². The molecule has 2 heterocycles. The van der Waals surface area contributed by atoms with E-state index in [4.69, 9.17) is 0 Å². The zero-order valence-electron chi connectivity index (χ0n) is 13.9. The summed E-state index contributed by atoms with van der Waals surface area (Å²) < 4.78 is 1.84. The van der Waals surface area contributed by atoms with Crippen LogP contribution in [0.15, 0.2) is 48.7 Å². The first-order valence-corrected chi connectivity index (χ1v) is 7.64. The van der Waals surface area contributed by atoms with Gasteiger partial charge in [0.05, 0.1) is 6.04 Å². The Morgan fingerprint density at radius 1 is 1.04 bits per heavy atom. The molecule has 0 fully saturated rings. The van der Waals surface area contributed by atoms with E-state index in [0.717, 1.165) is 17.5 Å². The smallest absolute Gasteiger partial charge is 0.156 e. The lowest BCUT2D eigenvalue weighted by molar-refractivity contribution is 0.325. The van der Waals surface area contributed by atoms with E-state index in [1.807, 2.05) is 29.8 Å². The highest BCUT2D eigenvalue weighted by molar-refractivity contribution is 5.32. The Morgan fingerprint density at radius 3 is 2.52 bits per heavy atom. The molecule has 0 radical (unpaired) electrons. The van der Waals surface area contributed by atoms with E-state index in [1.54, 1.807) is 6.20 Å². The van der Waals surface area contributed by atoms with Gasteiger partial charge in [-0.05, 0) is 45.6 Å². The molecule has 23 heavy (non-hydrogen) atoms. The van der Waals surface area contributed by atoms with Crippen molar-refractivity contribution in [1.82, 2.24) is 24.6 Å². The molecule has 0 amide bonds. The highest BCUT2D eigenvalue weighted by Crippen LogP contribution is 2.27. The van der Waals surface area contributed by atoms with Crippen LogP contribution in [0.1, 0.15) is 28.8 Å². The molecule has 1 atom stereocenters. The van der Waals surface area contributed by atoms with Crippen LogP contribution in [0.25, 0.3) is 5.82 Å². The Balaban J connectivity index is 2.15. The number of hydrogen-bond donors (Lipinski definition) is 0. The van der Waals surface area contributed by atoms with Crippen molar-refractivity contribution < 1.29 is 0 Å². The largest absolute Gasteiger partial charge is 0.296 e. The third kappa shape index (κ3) is 3.14. The molecule has 3 rings (SSSR count). The highest BCUT2D eigenvalue weighted by Gasteiger charge is 2.24. The van der Waals surface area contributed by atoms with Crippen molar-refractivity contribution in [3.8, 4) is 5.82 Å². The van der Waals surface area contributed by atoms with Crippen LogP contribution in [0, 0.1) is 13.8 Å². The second-order valence-electron chi connectivity index (χ2n) is 5.90. The lowest BCUT2D eigenvalue weighted by Gasteiger charge is -2.24. The first-order chi connectivity index (χ1) is 11.1. The summed E-state index contributed by atoms with van der Waals surface area (Å²) in [4.78, 5) is 11.3. The molecule has 1 aromatic carbocycles. The van der Waals surface area contributed by atoms with Gasteiger partial charge in [0.25, 0.3) is 0 Å². The fourth-order valence-electron chi connectivity index (χ4n) is 2.77. The monoisotopic (exact) mass is 307 g/mol. The van der Waals surface area contributed by atoms with Gasteiger partial charge >= 0.3 is 0 Å². The minimum atomic E-state index is 0.0121. The maximum Gasteiger partial charge on any atom is 0.156 e. The Labute approximate surface area is 136 Å². The van der Waals surface area contributed by atoms with Crippen molar-refractivity contribution in [3.05, 3.63) is 71.4 Å². The van der Waals surface area contributed by atoms with Gasteiger partial charge in [-0.3, -0.25) is 4.90 Å². The average molecular weight is 307 g/mol. The molecule has 5 nitrogen and oxygen atoms in total. The molecule has 0 saturated heterocycles. The predicted octanol–water partition coefficient (Wildman–Crippen LogP) is 2.93. The van der Waals surface area contributed by atoms with E-state index in [2.05, 4.69) is 65.3 Å². The summed E-state index contributed by atoms with van der Waals surface area (Å²) >= 11 is 0. The molecule has 0 aliphatic rings. The SMILES string of the molecule is Cc1cccc([C@H](c2nc(C)nn2-c2ccccn2)N(C)C)c1. The fourth-order valence-corrected chi connectivity index (χ4v) is 2.77. The Morgan fingerprint density at radius 2 is 1.87 bits per heavy atom. The number of aromatic nitrogens is 4. The number of benzene rings is 1. The number of aryl methyl sites for hydroxylation is 2. The molecule has 2 aromatic heterocycles. The van der Waals surface area contributed by atoms with E-state index in [9.17, 15) is 0 Å². The second-order valence-corrected chi connectivity index (χ2v) is 5.90. The summed E-state index contributed by atoms with van der Waals surface area (Å²) in [6, 6.07) is 14.3. The molecule has 0 N–H and O–H groups in total. The number of rotatable bonds is 4. The van der Waals surface area contributed by atoms with Gasteiger partial charge in [0.1, 0.15) is 5.82 Å². The van der Waals surface area contributed by atoms with Gasteiger partial charge in [0.2, 0.25) is 0 Å². The minimum absolute atomic E-state index is 0.0121. The van der Waals surface area contributed by atoms with Crippen LogP contribution in [-0.4, -0.2) is 38.7 Å². The zero-order valence-corrected chi connectivity index (χ0v) is 13.9. The first kappa shape index (κ1) is 15.4. The molecule has 0 unspecified atom stereocenters. The van der Waals surface area contributed by atoms with Crippen LogP contribution in [-0.2, 0) is 0 Å². The number of nitrogens with zero attached hydrogens (tertiary/aromatic N) is 5. The van der Waals surface area contributed by atoms with Gasteiger partial charge in [0, 0.05) is 6.20 Å². The maximum atomic E-state index is 4.68. The standard InChI is InChI=1S/C18H21N5/c1-13-8-7-9-15(12-13)17(22(3)4)18-20-14(2)21-23(18)16-10-5-6-11-19-16/h5-12,17H,1-4H3/t17-/m1/s1. The van der Waals surface area contributed by atoms with Gasteiger partial charge in [-0.25, -0.2) is 9.97 Å². The van der Waals surface area contributed by atoms with Gasteiger partial charge in [0.15, 0.2) is 11.6 Å². The topological polar surface area (TPSA) is 46.8 Å². The van der Waals surface area contributed by atoms with E-state index in [-0.39, 0.29) is 6.04 Å². The molecular formula is C18H21N5. The Hall–Kier alpha value is -2.53. The lowest BCUT2D eigenvalue weighted by atomic mass is 10.0. The predicted molar refractivity (Wildman–Crippen MR) is 90.6 cm³/mol. The first-order valence-electron chi connectivity index (χ1n) is 7.64. The maximum absolute atomic E-state index is 4.68. The molecule has 0 spiro atoms. The number of hydrogen-bond acceptors (Lipinski definition) is 4. The van der Waals surface area contributed by atoms with E-state index in [1.165, 1.54) is 11.1 Å². The zero-order chi connectivity index (χ0) is 16.4. The molecule has 3 aromatic rings. The molecule has 0 saturated carbocycles. The normalized spacial score (nSPS) is 12.6. The average Bonchev–Trinajstić information content (AvgIpc) is 2.89. The third-order valence-electron chi connectivity index (χ3n) is 3.72. The van der Waals surface area contributed by atoms with Gasteiger partial charge < -0.3 is 0 Å². The summed E-state index contributed by atoms with van der Waals surface area (Å²) in [6.45, 7) is 4.01. The van der Waals surface area contributed by atoms with Crippen molar-refractivity contribution in [2.45, 2.75) is 19.9 Å². The van der Waals surface area contributed by atoms with Gasteiger partial charge in [-0.1, -0.05) is 35.9 Å². The molecular weight excluding hydrogens is 286 g/mol. The quantitative estimate of drug-likeness (QED) is 0.743. The van der Waals surface area contributed by atoms with E-state index < -0.39 is 0 Å². The minimum Gasteiger partial charge on any atom is -0.296 e. The summed E-state index contributed by atoms with van der Waals surface area (Å²) in [7, 11) is 4.11. The van der Waals surface area contributed by atoms with Crippen molar-refractivity contribution in [3.63, 3.8) is 0 Å². The summed E-state index contributed by atoms with van der Waals surface area (Å²) in [5, 5.41) is 4.55. The van der Waals surface area contributed by atoms with Crippen molar-refractivity contribution >= 4 is 0 Å². The van der Waals surface area contributed by atoms with E-state index >= 15 is 0 Å². The van der Waals surface area contributed by atoms with Crippen molar-refractivity contribution in [1.29, 1.82) is 0 Å². The number of pyridine rings is 1. The molecule has 0 bridgehead atoms. The third-order valence-corrected chi connectivity index (χ3v) is 3.72. The molecule has 118 valence electrons. The van der Waals surface area contributed by atoms with Crippen LogP contribution < -0.4 is 0 Å². The van der Waals surface area contributed by atoms with Crippen molar-refractivity contribution in [2.75, 3.05) is 14.1 Å². The summed E-state index contributed by atoms with van der Waals surface area (Å²) in [5.41, 5.74) is 2.43. The molecule has 0 aliphatic heterocycles. The van der Waals surface area contributed by atoms with Crippen LogP contribution in [0.2, 0.25) is 0 Å². The van der Waals surface area contributed by atoms with E-state index in [0.29, 0.717) is 0 Å². The molecule has 5 heteroatoms. The van der Waals surface area contributed by atoms with Crippen LogP contribution in [0.3, 0.4) is 0 Å². The van der Waals surface area contributed by atoms with Gasteiger partial charge in [-0.2, -0.15) is 4.68 Å². The summed E-state index contributed by atoms with van der Waals surface area (Å²) in [6.07, 6.45) is 1.77. The second kappa shape index (κ2) is 6.30. The highest BCUT2D eigenvalue weighted by atomic mass is 15.4. The lowest BCUT2D eigenvalue weighted by Crippen LogP contribution is -2.25. The molecule has 0 aliphatic carbocycles. The van der Waals surface area contributed by atoms with Crippen molar-refractivity contribution in [2.24, 2.45) is 0 Å². The van der Waals surface area contributed by atoms with Crippen LogP contribution in [0.5, 0.6) is 0 Å².